The van der Waals surface area contributed by atoms with Crippen LogP contribution in [0.25, 0.3) is 11.0 Å². The van der Waals surface area contributed by atoms with Crippen LogP contribution in [0.1, 0.15) is 22.7 Å². The molecule has 0 bridgehead atoms. The number of sulfone groups is 1. The van der Waals surface area contributed by atoms with Gasteiger partial charge in [0.25, 0.3) is 0 Å². The van der Waals surface area contributed by atoms with Gasteiger partial charge >= 0.3 is 0 Å². The summed E-state index contributed by atoms with van der Waals surface area (Å²) in [7, 11) is -3.13. The van der Waals surface area contributed by atoms with Crippen molar-refractivity contribution in [3.05, 3.63) is 53.5 Å². The molecule has 0 spiro atoms. The number of anilines is 1. The largest absolute Gasteiger partial charge is 0.362 e. The zero-order chi connectivity index (χ0) is 16.0. The second-order valence-corrected chi connectivity index (χ2v) is 7.98. The van der Waals surface area contributed by atoms with Crippen LogP contribution in [0, 0.1) is 6.92 Å². The minimum absolute atomic E-state index is 0.0684. The Kier molecular flexibility index (Phi) is 3.12. The molecule has 1 aliphatic rings. The number of hydrogen-bond acceptors (Lipinski definition) is 5. The summed E-state index contributed by atoms with van der Waals surface area (Å²) in [6.45, 7) is 1.97. The third-order valence-electron chi connectivity index (χ3n) is 4.20. The van der Waals surface area contributed by atoms with Crippen LogP contribution in [0.15, 0.2) is 36.8 Å². The van der Waals surface area contributed by atoms with E-state index in [1.807, 2.05) is 37.4 Å². The van der Waals surface area contributed by atoms with Crippen LogP contribution in [0.3, 0.4) is 0 Å². The maximum Gasteiger partial charge on any atom is 0.156 e. The van der Waals surface area contributed by atoms with E-state index in [4.69, 9.17) is 0 Å². The summed E-state index contributed by atoms with van der Waals surface area (Å²) in [5, 5.41) is 4.21. The third kappa shape index (κ3) is 2.46. The molecular formula is C16H16N4O2S. The maximum atomic E-state index is 12.2. The van der Waals surface area contributed by atoms with Crippen LogP contribution >= 0.6 is 0 Å². The van der Waals surface area contributed by atoms with Gasteiger partial charge in [0, 0.05) is 6.20 Å². The lowest BCUT2D eigenvalue weighted by Crippen LogP contribution is -2.28. The molecule has 3 aromatic rings. The fourth-order valence-electron chi connectivity index (χ4n) is 3.16. The number of benzene rings is 1. The molecule has 2 N–H and O–H groups in total. The van der Waals surface area contributed by atoms with Crippen molar-refractivity contribution < 1.29 is 8.42 Å². The first-order valence-corrected chi connectivity index (χ1v) is 9.19. The van der Waals surface area contributed by atoms with E-state index in [0.29, 0.717) is 5.82 Å². The summed E-state index contributed by atoms with van der Waals surface area (Å²) in [5.74, 6) is 0.827. The number of aromatic amines is 1. The van der Waals surface area contributed by atoms with Crippen LogP contribution in [-0.2, 0) is 15.6 Å². The van der Waals surface area contributed by atoms with E-state index in [0.717, 1.165) is 27.7 Å². The van der Waals surface area contributed by atoms with Crippen molar-refractivity contribution in [1.29, 1.82) is 0 Å². The fraction of sp³-hybridized carbons (Fsp3) is 0.250. The molecule has 118 valence electrons. The Hall–Kier alpha value is -2.41. The van der Waals surface area contributed by atoms with Gasteiger partial charge in [0.1, 0.15) is 17.8 Å². The van der Waals surface area contributed by atoms with Crippen molar-refractivity contribution in [2.75, 3.05) is 11.1 Å². The maximum absolute atomic E-state index is 12.2. The second-order valence-electron chi connectivity index (χ2n) is 5.87. The molecule has 0 amide bonds. The summed E-state index contributed by atoms with van der Waals surface area (Å²) in [4.78, 5) is 11.6. The molecule has 0 saturated heterocycles. The molecule has 7 heteroatoms. The number of aromatic nitrogens is 3. The van der Waals surface area contributed by atoms with Crippen LogP contribution in [-0.4, -0.2) is 29.1 Å². The first kappa shape index (κ1) is 14.2. The van der Waals surface area contributed by atoms with Gasteiger partial charge in [-0.1, -0.05) is 24.3 Å². The SMILES string of the molecule is Cc1c[nH]c2ncnc(NC3CS(=O)(=O)Cc4ccccc43)c12. The number of nitrogens with one attached hydrogen (secondary N) is 2. The topological polar surface area (TPSA) is 87.7 Å². The van der Waals surface area contributed by atoms with Gasteiger partial charge in [-0.05, 0) is 23.6 Å². The highest BCUT2D eigenvalue weighted by atomic mass is 32.2. The highest BCUT2D eigenvalue weighted by molar-refractivity contribution is 7.90. The smallest absolute Gasteiger partial charge is 0.156 e. The predicted octanol–water partition coefficient (Wildman–Crippen LogP) is 2.35. The summed E-state index contributed by atoms with van der Waals surface area (Å²) in [5.41, 5.74) is 3.64. The Morgan fingerprint density at radius 2 is 2.09 bits per heavy atom. The molecule has 4 rings (SSSR count). The van der Waals surface area contributed by atoms with Crippen LogP contribution in [0.4, 0.5) is 5.82 Å². The molecule has 1 atom stereocenters. The molecule has 23 heavy (non-hydrogen) atoms. The standard InChI is InChI=1S/C16H16N4O2S/c1-10-6-17-15-14(10)16(19-9-18-15)20-13-8-23(21,22)7-11-4-2-3-5-12(11)13/h2-6,9,13H,7-8H2,1H3,(H2,17,18,19,20). The van der Waals surface area contributed by atoms with Crippen LogP contribution < -0.4 is 5.32 Å². The normalized spacial score (nSPS) is 19.4. The summed E-state index contributed by atoms with van der Waals surface area (Å²) in [6, 6.07) is 7.35. The van der Waals surface area contributed by atoms with Crippen molar-refractivity contribution >= 4 is 26.7 Å². The van der Waals surface area contributed by atoms with Gasteiger partial charge in [-0.3, -0.25) is 0 Å². The lowest BCUT2D eigenvalue weighted by atomic mass is 10.0. The van der Waals surface area contributed by atoms with E-state index >= 15 is 0 Å². The first-order chi connectivity index (χ1) is 11.0. The number of fused-ring (bicyclic) bond motifs is 2. The molecule has 2 aromatic heterocycles. The predicted molar refractivity (Wildman–Crippen MR) is 88.9 cm³/mol. The van der Waals surface area contributed by atoms with E-state index in [2.05, 4.69) is 20.3 Å². The van der Waals surface area contributed by atoms with Crippen LogP contribution in [0.2, 0.25) is 0 Å². The van der Waals surface area contributed by atoms with Gasteiger partial charge in [-0.2, -0.15) is 0 Å². The summed E-state index contributed by atoms with van der Waals surface area (Å²) < 4.78 is 24.4. The van der Waals surface area contributed by atoms with E-state index in [-0.39, 0.29) is 17.5 Å². The summed E-state index contributed by atoms with van der Waals surface area (Å²) in [6.07, 6.45) is 3.35. The lowest BCUT2D eigenvalue weighted by molar-refractivity contribution is 0.585. The van der Waals surface area contributed by atoms with Crippen molar-refractivity contribution in [3.8, 4) is 0 Å². The molecular weight excluding hydrogens is 312 g/mol. The fourth-order valence-corrected chi connectivity index (χ4v) is 4.78. The molecule has 1 unspecified atom stereocenters. The number of hydrogen-bond donors (Lipinski definition) is 2. The minimum Gasteiger partial charge on any atom is -0.362 e. The van der Waals surface area contributed by atoms with E-state index in [9.17, 15) is 8.42 Å². The molecule has 1 aliphatic heterocycles. The average Bonchev–Trinajstić information content (AvgIpc) is 2.89. The Bertz CT molecular complexity index is 994. The highest BCUT2D eigenvalue weighted by Crippen LogP contribution is 2.32. The average molecular weight is 328 g/mol. The Morgan fingerprint density at radius 1 is 1.26 bits per heavy atom. The second kappa shape index (κ2) is 5.06. The van der Waals surface area contributed by atoms with Crippen molar-refractivity contribution in [1.82, 2.24) is 15.0 Å². The van der Waals surface area contributed by atoms with Crippen LogP contribution in [0.5, 0.6) is 0 Å². The molecule has 1 aromatic carbocycles. The number of nitrogens with zero attached hydrogens (tertiary/aromatic N) is 2. The minimum atomic E-state index is -3.13. The number of aryl methyl sites for hydroxylation is 1. The van der Waals surface area contributed by atoms with Gasteiger partial charge in [0.05, 0.1) is 22.9 Å². The monoisotopic (exact) mass is 328 g/mol. The van der Waals surface area contributed by atoms with Gasteiger partial charge < -0.3 is 10.3 Å². The zero-order valence-corrected chi connectivity index (χ0v) is 13.4. The Labute approximate surface area is 133 Å². The molecule has 0 radical (unpaired) electrons. The molecule has 0 aliphatic carbocycles. The quantitative estimate of drug-likeness (QED) is 0.754. The summed E-state index contributed by atoms with van der Waals surface area (Å²) >= 11 is 0. The molecule has 0 fully saturated rings. The van der Waals surface area contributed by atoms with Gasteiger partial charge in [0.15, 0.2) is 9.84 Å². The molecule has 0 saturated carbocycles. The van der Waals surface area contributed by atoms with Crippen molar-refractivity contribution in [2.45, 2.75) is 18.7 Å². The lowest BCUT2D eigenvalue weighted by Gasteiger charge is -2.27. The Balaban J connectivity index is 1.80. The first-order valence-electron chi connectivity index (χ1n) is 7.37. The number of H-pyrrole nitrogens is 1. The Morgan fingerprint density at radius 3 is 2.96 bits per heavy atom. The van der Waals surface area contributed by atoms with E-state index in [1.54, 1.807) is 0 Å². The van der Waals surface area contributed by atoms with Gasteiger partial charge in [0.2, 0.25) is 0 Å². The van der Waals surface area contributed by atoms with E-state index in [1.165, 1.54) is 6.33 Å². The molecule has 6 nitrogen and oxygen atoms in total. The van der Waals surface area contributed by atoms with Gasteiger partial charge in [-0.15, -0.1) is 0 Å². The number of rotatable bonds is 2. The zero-order valence-electron chi connectivity index (χ0n) is 12.6. The van der Waals surface area contributed by atoms with Gasteiger partial charge in [-0.25, -0.2) is 18.4 Å². The third-order valence-corrected chi connectivity index (χ3v) is 5.80. The highest BCUT2D eigenvalue weighted by Gasteiger charge is 2.30. The van der Waals surface area contributed by atoms with Crippen molar-refractivity contribution in [2.24, 2.45) is 0 Å². The van der Waals surface area contributed by atoms with E-state index < -0.39 is 9.84 Å². The molecule has 3 heterocycles. The van der Waals surface area contributed by atoms with Crippen molar-refractivity contribution in [3.63, 3.8) is 0 Å².